The fraction of sp³-hybridized carbons (Fsp3) is 0.406. The molecule has 3 aromatic rings. The fourth-order valence-corrected chi connectivity index (χ4v) is 5.85. The molecule has 2 aliphatic carbocycles. The lowest BCUT2D eigenvalue weighted by Crippen LogP contribution is -2.09. The number of methoxy groups -OCH3 is 1. The highest BCUT2D eigenvalue weighted by molar-refractivity contribution is 5.76. The minimum absolute atomic E-state index is 0.00188. The summed E-state index contributed by atoms with van der Waals surface area (Å²) in [7, 11) is 1.42. The summed E-state index contributed by atoms with van der Waals surface area (Å²) in [5.41, 5.74) is 8.79. The second-order valence-corrected chi connectivity index (χ2v) is 10.7. The maximum absolute atomic E-state index is 11.7. The molecule has 37 heavy (non-hydrogen) atoms. The second kappa shape index (κ2) is 9.77. The van der Waals surface area contributed by atoms with Crippen LogP contribution >= 0.6 is 0 Å². The van der Waals surface area contributed by atoms with Gasteiger partial charge in [-0.1, -0.05) is 24.3 Å². The van der Waals surface area contributed by atoms with Crippen LogP contribution in [0, 0.1) is 19.8 Å². The quantitative estimate of drug-likeness (QED) is 0.318. The molecule has 0 N–H and O–H groups in total. The fourth-order valence-electron chi connectivity index (χ4n) is 5.85. The number of carbonyl (C=O) groups is 1. The van der Waals surface area contributed by atoms with Crippen molar-refractivity contribution >= 4 is 5.97 Å². The van der Waals surface area contributed by atoms with E-state index in [0.29, 0.717) is 13.0 Å². The van der Waals surface area contributed by atoms with Crippen molar-refractivity contribution in [1.29, 1.82) is 0 Å². The minimum Gasteiger partial charge on any atom is -0.493 e. The van der Waals surface area contributed by atoms with E-state index in [1.165, 1.54) is 53.3 Å². The number of hydrogen-bond donors (Lipinski definition) is 0. The van der Waals surface area contributed by atoms with Gasteiger partial charge in [0.1, 0.15) is 23.4 Å². The van der Waals surface area contributed by atoms with Crippen LogP contribution in [0.5, 0.6) is 17.2 Å². The van der Waals surface area contributed by atoms with Crippen LogP contribution in [0.25, 0.3) is 11.1 Å². The van der Waals surface area contributed by atoms with E-state index in [1.54, 1.807) is 0 Å². The number of fused-ring (bicyclic) bond motifs is 2. The monoisotopic (exact) mass is 498 g/mol. The van der Waals surface area contributed by atoms with Crippen LogP contribution in [0.1, 0.15) is 65.5 Å². The molecule has 0 radical (unpaired) electrons. The molecule has 5 heteroatoms. The summed E-state index contributed by atoms with van der Waals surface area (Å²) in [6, 6.07) is 16.9. The van der Waals surface area contributed by atoms with E-state index < -0.39 is 0 Å². The third-order valence-corrected chi connectivity index (χ3v) is 7.96. The molecule has 1 heterocycles. The van der Waals surface area contributed by atoms with Crippen molar-refractivity contribution in [3.05, 3.63) is 76.3 Å². The molecule has 0 aromatic heterocycles. The van der Waals surface area contributed by atoms with Crippen molar-refractivity contribution in [3.8, 4) is 28.4 Å². The van der Waals surface area contributed by atoms with Gasteiger partial charge in [0.15, 0.2) is 0 Å². The molecule has 0 amide bonds. The number of carbonyl (C=O) groups excluding carboxylic acids is 1. The van der Waals surface area contributed by atoms with Gasteiger partial charge in [0.05, 0.1) is 26.7 Å². The largest absolute Gasteiger partial charge is 0.493 e. The molecule has 1 saturated carbocycles. The van der Waals surface area contributed by atoms with Gasteiger partial charge >= 0.3 is 5.97 Å². The van der Waals surface area contributed by atoms with Crippen molar-refractivity contribution in [2.24, 2.45) is 5.92 Å². The zero-order valence-corrected chi connectivity index (χ0v) is 21.8. The van der Waals surface area contributed by atoms with Gasteiger partial charge in [-0.3, -0.25) is 4.79 Å². The minimum atomic E-state index is -0.217. The molecule has 3 aromatic carbocycles. The van der Waals surface area contributed by atoms with Crippen molar-refractivity contribution in [2.45, 2.75) is 58.0 Å². The maximum Gasteiger partial charge on any atom is 0.306 e. The van der Waals surface area contributed by atoms with Gasteiger partial charge < -0.3 is 18.9 Å². The van der Waals surface area contributed by atoms with E-state index in [4.69, 9.17) is 18.9 Å². The molecule has 0 bridgehead atoms. The van der Waals surface area contributed by atoms with E-state index in [1.807, 2.05) is 18.2 Å². The van der Waals surface area contributed by atoms with E-state index in [2.05, 4.69) is 44.2 Å². The molecule has 2 unspecified atom stereocenters. The third kappa shape index (κ3) is 4.79. The smallest absolute Gasteiger partial charge is 0.306 e. The Morgan fingerprint density at radius 1 is 0.973 bits per heavy atom. The maximum atomic E-state index is 11.7. The average Bonchev–Trinajstić information content (AvgIpc) is 3.52. The van der Waals surface area contributed by atoms with Gasteiger partial charge in [0.25, 0.3) is 0 Å². The number of aryl methyl sites for hydroxylation is 2. The predicted octanol–water partition coefficient (Wildman–Crippen LogP) is 6.86. The third-order valence-electron chi connectivity index (χ3n) is 7.96. The van der Waals surface area contributed by atoms with Crippen LogP contribution in [0.15, 0.2) is 48.5 Å². The summed E-state index contributed by atoms with van der Waals surface area (Å²) in [5.74, 6) is 3.13. The SMILES string of the molecule is COC(=O)CC1COc2cc(OC3CCc4c(-c5c(C)cc(OCC6CC6)cc5C)cccc43)ccc21. The zero-order valence-electron chi connectivity index (χ0n) is 21.8. The Morgan fingerprint density at radius 2 is 1.78 bits per heavy atom. The highest BCUT2D eigenvalue weighted by Gasteiger charge is 2.30. The van der Waals surface area contributed by atoms with Crippen molar-refractivity contribution < 1.29 is 23.7 Å². The van der Waals surface area contributed by atoms with Gasteiger partial charge in [-0.2, -0.15) is 0 Å². The summed E-state index contributed by atoms with van der Waals surface area (Å²) >= 11 is 0. The van der Waals surface area contributed by atoms with Gasteiger partial charge in [-0.25, -0.2) is 0 Å². The van der Waals surface area contributed by atoms with E-state index in [-0.39, 0.29) is 18.0 Å². The lowest BCUT2D eigenvalue weighted by Gasteiger charge is -2.18. The Balaban J connectivity index is 1.22. The van der Waals surface area contributed by atoms with E-state index in [9.17, 15) is 4.79 Å². The van der Waals surface area contributed by atoms with Crippen molar-refractivity contribution in [3.63, 3.8) is 0 Å². The van der Waals surface area contributed by atoms with Crippen molar-refractivity contribution in [1.82, 2.24) is 0 Å². The second-order valence-electron chi connectivity index (χ2n) is 10.7. The highest BCUT2D eigenvalue weighted by Crippen LogP contribution is 2.44. The normalized spacial score (nSPS) is 19.6. The molecule has 1 aliphatic heterocycles. The van der Waals surface area contributed by atoms with Gasteiger partial charge in [-0.15, -0.1) is 0 Å². The topological polar surface area (TPSA) is 54.0 Å². The summed E-state index contributed by atoms with van der Waals surface area (Å²) in [6.45, 7) is 5.70. The summed E-state index contributed by atoms with van der Waals surface area (Å²) in [4.78, 5) is 11.7. The number of benzene rings is 3. The lowest BCUT2D eigenvalue weighted by atomic mass is 9.90. The molecular formula is C32H34O5. The Bertz CT molecular complexity index is 1320. The molecule has 2 atom stereocenters. The molecule has 0 spiro atoms. The molecule has 5 nitrogen and oxygen atoms in total. The Labute approximate surface area is 218 Å². The Hall–Kier alpha value is -3.47. The predicted molar refractivity (Wildman–Crippen MR) is 143 cm³/mol. The Kier molecular flexibility index (Phi) is 6.31. The Morgan fingerprint density at radius 3 is 2.54 bits per heavy atom. The van der Waals surface area contributed by atoms with Crippen LogP contribution in [0.3, 0.4) is 0 Å². The number of rotatable bonds is 8. The molecule has 6 rings (SSSR count). The van der Waals surface area contributed by atoms with Crippen LogP contribution in [0.4, 0.5) is 0 Å². The van der Waals surface area contributed by atoms with Gasteiger partial charge in [0, 0.05) is 17.5 Å². The first-order valence-electron chi connectivity index (χ1n) is 13.4. The molecule has 3 aliphatic rings. The highest BCUT2D eigenvalue weighted by atomic mass is 16.5. The standard InChI is InChI=1S/C32H34O5/c1-19-13-24(35-17-21-7-8-21)14-20(2)32(19)28-6-4-5-27-26(28)11-12-29(27)37-23-9-10-25-22(15-31(33)34-3)18-36-30(25)16-23/h4-6,9-10,13-14,16,21-22,29H,7-8,11-12,15,17-18H2,1-3H3. The van der Waals surface area contributed by atoms with E-state index in [0.717, 1.165) is 48.2 Å². The average molecular weight is 499 g/mol. The van der Waals surface area contributed by atoms with Crippen LogP contribution < -0.4 is 14.2 Å². The first kappa shape index (κ1) is 23.9. The molecule has 1 fully saturated rings. The van der Waals surface area contributed by atoms with Crippen LogP contribution in [-0.2, 0) is 16.0 Å². The molecule has 0 saturated heterocycles. The first-order valence-corrected chi connectivity index (χ1v) is 13.4. The van der Waals surface area contributed by atoms with Crippen molar-refractivity contribution in [2.75, 3.05) is 20.3 Å². The van der Waals surface area contributed by atoms with Gasteiger partial charge in [0.2, 0.25) is 0 Å². The summed E-state index contributed by atoms with van der Waals surface area (Å²) in [5, 5.41) is 0. The summed E-state index contributed by atoms with van der Waals surface area (Å²) in [6.07, 6.45) is 4.85. The van der Waals surface area contributed by atoms with Crippen LogP contribution in [-0.4, -0.2) is 26.3 Å². The summed E-state index contributed by atoms with van der Waals surface area (Å²) < 4.78 is 23.3. The van der Waals surface area contributed by atoms with E-state index >= 15 is 0 Å². The zero-order chi connectivity index (χ0) is 25.5. The van der Waals surface area contributed by atoms with Gasteiger partial charge in [-0.05, 0) is 97.0 Å². The lowest BCUT2D eigenvalue weighted by molar-refractivity contribution is -0.141. The molecule has 192 valence electrons. The number of hydrogen-bond acceptors (Lipinski definition) is 5. The first-order chi connectivity index (χ1) is 18.0. The van der Waals surface area contributed by atoms with Crippen LogP contribution in [0.2, 0.25) is 0 Å². The number of ether oxygens (including phenoxy) is 4. The number of esters is 1. The molecular weight excluding hydrogens is 464 g/mol.